The van der Waals surface area contributed by atoms with E-state index in [2.05, 4.69) is 20.6 Å². The van der Waals surface area contributed by atoms with E-state index in [-0.39, 0.29) is 10.8 Å². The molecule has 0 spiro atoms. The van der Waals surface area contributed by atoms with E-state index in [0.717, 1.165) is 17.5 Å². The molecule has 0 aliphatic heterocycles. The second kappa shape index (κ2) is 5.26. The number of halogens is 2. The quantitative estimate of drug-likeness (QED) is 0.880. The third-order valence-electron chi connectivity index (χ3n) is 2.22. The highest BCUT2D eigenvalue weighted by Gasteiger charge is 2.18. The third-order valence-corrected chi connectivity index (χ3v) is 3.15. The number of hydrogen-bond donors (Lipinski definition) is 2. The predicted molar refractivity (Wildman–Crippen MR) is 63.7 cm³/mol. The summed E-state index contributed by atoms with van der Waals surface area (Å²) in [5.74, 6) is -0.569. The molecule has 0 aliphatic carbocycles. The van der Waals surface area contributed by atoms with Gasteiger partial charge in [0.15, 0.2) is 0 Å². The maximum Gasteiger partial charge on any atom is 0.333 e. The van der Waals surface area contributed by atoms with E-state index in [1.165, 1.54) is 6.07 Å². The van der Waals surface area contributed by atoms with Gasteiger partial charge in [-0.2, -0.15) is 13.9 Å². The van der Waals surface area contributed by atoms with Gasteiger partial charge in [-0.05, 0) is 13.0 Å². The van der Waals surface area contributed by atoms with Crippen molar-refractivity contribution in [2.75, 3.05) is 5.73 Å². The number of carbonyl (C=O) groups is 1. The topological polar surface area (TPSA) is 98.7 Å². The number of nitrogens with one attached hydrogen (secondary N) is 1. The van der Waals surface area contributed by atoms with Gasteiger partial charge >= 0.3 is 6.55 Å². The number of nitrogen functional groups attached to an aromatic ring is 1. The fraction of sp³-hybridized carbons (Fsp3) is 0.333. The Kier molecular flexibility index (Phi) is 3.69. The highest BCUT2D eigenvalue weighted by Crippen LogP contribution is 2.19. The summed E-state index contributed by atoms with van der Waals surface area (Å²) in [5.41, 5.74) is 5.34. The molecule has 102 valence electrons. The molecule has 3 N–H and O–H groups in total. The van der Waals surface area contributed by atoms with Crippen LogP contribution in [0.5, 0.6) is 0 Å². The largest absolute Gasteiger partial charge is 0.374 e. The number of nitrogens with zero attached hydrogens (tertiary/aromatic N) is 4. The minimum absolute atomic E-state index is 0.0929. The first kappa shape index (κ1) is 13.3. The Balaban J connectivity index is 2.04. The molecular formula is C9H10F2N6OS. The number of aromatic nitrogens is 4. The van der Waals surface area contributed by atoms with Crippen molar-refractivity contribution in [1.82, 2.24) is 25.3 Å². The molecular weight excluding hydrogens is 278 g/mol. The molecule has 0 aromatic carbocycles. The van der Waals surface area contributed by atoms with Crippen LogP contribution in [-0.2, 0) is 0 Å². The summed E-state index contributed by atoms with van der Waals surface area (Å²) >= 11 is 1.14. The Labute approximate surface area is 110 Å². The molecule has 1 amide bonds. The normalized spacial score (nSPS) is 12.6. The van der Waals surface area contributed by atoms with Gasteiger partial charge in [-0.3, -0.25) is 4.79 Å². The van der Waals surface area contributed by atoms with Crippen LogP contribution >= 0.6 is 11.3 Å². The molecule has 0 bridgehead atoms. The van der Waals surface area contributed by atoms with Crippen LogP contribution in [0.2, 0.25) is 0 Å². The summed E-state index contributed by atoms with van der Waals surface area (Å²) in [6.45, 7) is -1.09. The Morgan fingerprint density at radius 2 is 2.26 bits per heavy atom. The summed E-state index contributed by atoms with van der Waals surface area (Å²) in [6.07, 6.45) is 1.03. The van der Waals surface area contributed by atoms with Gasteiger partial charge in [-0.1, -0.05) is 11.3 Å². The first-order chi connectivity index (χ1) is 8.97. The van der Waals surface area contributed by atoms with E-state index in [9.17, 15) is 13.6 Å². The second-order valence-corrected chi connectivity index (χ2v) is 4.67. The second-order valence-electron chi connectivity index (χ2n) is 3.63. The van der Waals surface area contributed by atoms with Crippen molar-refractivity contribution in [3.8, 4) is 0 Å². The van der Waals surface area contributed by atoms with Crippen molar-refractivity contribution in [3.05, 3.63) is 23.0 Å². The van der Waals surface area contributed by atoms with Crippen LogP contribution < -0.4 is 11.1 Å². The fourth-order valence-corrected chi connectivity index (χ4v) is 1.93. The SMILES string of the molecule is CC(NC(=O)c1ccn(C(F)F)n1)c1nnc(N)s1. The van der Waals surface area contributed by atoms with E-state index in [1.54, 1.807) is 6.92 Å². The van der Waals surface area contributed by atoms with Crippen molar-refractivity contribution >= 4 is 22.4 Å². The molecule has 7 nitrogen and oxygen atoms in total. The lowest BCUT2D eigenvalue weighted by atomic mass is 10.3. The third kappa shape index (κ3) is 3.02. The van der Waals surface area contributed by atoms with Crippen molar-refractivity contribution in [2.24, 2.45) is 0 Å². The standard InChI is InChI=1S/C9H10F2N6OS/c1-4(7-14-15-9(12)19-7)13-6(18)5-2-3-17(16-5)8(10)11/h2-4,8H,1H3,(H2,12,15)(H,13,18). The Morgan fingerprint density at radius 1 is 1.53 bits per heavy atom. The van der Waals surface area contributed by atoms with Gasteiger partial charge in [0, 0.05) is 6.20 Å². The van der Waals surface area contributed by atoms with Crippen LogP contribution in [0.25, 0.3) is 0 Å². The molecule has 2 aromatic heterocycles. The number of amides is 1. The monoisotopic (exact) mass is 288 g/mol. The maximum atomic E-state index is 12.3. The summed E-state index contributed by atoms with van der Waals surface area (Å²) in [4.78, 5) is 11.8. The molecule has 1 atom stereocenters. The zero-order valence-electron chi connectivity index (χ0n) is 9.75. The van der Waals surface area contributed by atoms with Crippen molar-refractivity contribution in [3.63, 3.8) is 0 Å². The molecule has 19 heavy (non-hydrogen) atoms. The molecule has 2 rings (SSSR count). The van der Waals surface area contributed by atoms with Gasteiger partial charge < -0.3 is 11.1 Å². The lowest BCUT2D eigenvalue weighted by molar-refractivity contribution is 0.0559. The lowest BCUT2D eigenvalue weighted by Gasteiger charge is -2.08. The van der Waals surface area contributed by atoms with E-state index in [4.69, 9.17) is 5.73 Å². The van der Waals surface area contributed by atoms with Crippen LogP contribution in [0.1, 0.15) is 35.0 Å². The van der Waals surface area contributed by atoms with Gasteiger partial charge in [-0.25, -0.2) is 4.68 Å². The van der Waals surface area contributed by atoms with Gasteiger partial charge in [0.1, 0.15) is 10.7 Å². The predicted octanol–water partition coefficient (Wildman–Crippen LogP) is 1.20. The van der Waals surface area contributed by atoms with Gasteiger partial charge in [-0.15, -0.1) is 10.2 Å². The average molecular weight is 288 g/mol. The molecule has 1 unspecified atom stereocenters. The van der Waals surface area contributed by atoms with E-state index in [0.29, 0.717) is 9.69 Å². The van der Waals surface area contributed by atoms with Crippen molar-refractivity contribution < 1.29 is 13.6 Å². The molecule has 2 heterocycles. The minimum atomic E-state index is -2.78. The molecule has 0 fully saturated rings. The lowest BCUT2D eigenvalue weighted by Crippen LogP contribution is -2.27. The van der Waals surface area contributed by atoms with Gasteiger partial charge in [0.25, 0.3) is 5.91 Å². The van der Waals surface area contributed by atoms with Crippen molar-refractivity contribution in [2.45, 2.75) is 19.5 Å². The Bertz CT molecular complexity index is 583. The average Bonchev–Trinajstić information content (AvgIpc) is 2.96. The highest BCUT2D eigenvalue weighted by atomic mass is 32.1. The van der Waals surface area contributed by atoms with E-state index >= 15 is 0 Å². The van der Waals surface area contributed by atoms with Crippen molar-refractivity contribution in [1.29, 1.82) is 0 Å². The number of carbonyl (C=O) groups excluding carboxylic acids is 1. The number of hydrogen-bond acceptors (Lipinski definition) is 6. The molecule has 0 radical (unpaired) electrons. The zero-order chi connectivity index (χ0) is 14.0. The fourth-order valence-electron chi connectivity index (χ4n) is 1.32. The van der Waals surface area contributed by atoms with Crippen LogP contribution in [0.3, 0.4) is 0 Å². The summed E-state index contributed by atoms with van der Waals surface area (Å²) in [5, 5.41) is 14.2. The number of nitrogens with two attached hydrogens (primary N) is 1. The van der Waals surface area contributed by atoms with Crippen LogP contribution in [0.4, 0.5) is 13.9 Å². The highest BCUT2D eigenvalue weighted by molar-refractivity contribution is 7.15. The van der Waals surface area contributed by atoms with Crippen LogP contribution in [0, 0.1) is 0 Å². The summed E-state index contributed by atoms with van der Waals surface area (Å²) < 4.78 is 25.0. The number of anilines is 1. The molecule has 0 saturated heterocycles. The molecule has 10 heteroatoms. The van der Waals surface area contributed by atoms with E-state index < -0.39 is 18.5 Å². The smallest absolute Gasteiger partial charge is 0.333 e. The Hall–Kier alpha value is -2.10. The summed E-state index contributed by atoms with van der Waals surface area (Å²) in [6, 6.07) is 0.780. The van der Waals surface area contributed by atoms with Crippen LogP contribution in [0.15, 0.2) is 12.3 Å². The minimum Gasteiger partial charge on any atom is -0.374 e. The van der Waals surface area contributed by atoms with Gasteiger partial charge in [0.05, 0.1) is 6.04 Å². The van der Waals surface area contributed by atoms with Gasteiger partial charge in [0.2, 0.25) is 5.13 Å². The van der Waals surface area contributed by atoms with E-state index in [1.807, 2.05) is 0 Å². The number of alkyl halides is 2. The summed E-state index contributed by atoms with van der Waals surface area (Å²) in [7, 11) is 0. The number of rotatable bonds is 4. The first-order valence-electron chi connectivity index (χ1n) is 5.20. The Morgan fingerprint density at radius 3 is 2.79 bits per heavy atom. The maximum absolute atomic E-state index is 12.3. The molecule has 0 saturated carbocycles. The zero-order valence-corrected chi connectivity index (χ0v) is 10.6. The first-order valence-corrected chi connectivity index (χ1v) is 6.02. The molecule has 2 aromatic rings. The molecule has 0 aliphatic rings. The van der Waals surface area contributed by atoms with Crippen LogP contribution in [-0.4, -0.2) is 25.9 Å².